The number of aromatic nitrogens is 3. The third-order valence-electron chi connectivity index (χ3n) is 16.6. The molecule has 3 heteroatoms. The van der Waals surface area contributed by atoms with Crippen molar-refractivity contribution in [3.8, 4) is 67.5 Å². The molecular weight excluding hydrogens is 895 g/mol. The van der Waals surface area contributed by atoms with E-state index in [2.05, 4.69) is 243 Å². The Morgan fingerprint density at radius 3 is 1.01 bits per heavy atom. The predicted molar refractivity (Wildman–Crippen MR) is 302 cm³/mol. The average molecular weight is 938 g/mol. The Kier molecular flexibility index (Phi) is 8.59. The summed E-state index contributed by atoms with van der Waals surface area (Å²) in [6, 6.07) is 96.2. The summed E-state index contributed by atoms with van der Waals surface area (Å²) in [5.41, 5.74) is 19.8. The Hall–Kier alpha value is -9.57. The van der Waals surface area contributed by atoms with E-state index >= 15 is 0 Å². The smallest absolute Gasteiger partial charge is 0.164 e. The summed E-state index contributed by atoms with van der Waals surface area (Å²) >= 11 is 0. The zero-order valence-electron chi connectivity index (χ0n) is 40.2. The number of hydrogen-bond acceptors (Lipinski definition) is 3. The van der Waals surface area contributed by atoms with Gasteiger partial charge in [0, 0.05) is 16.7 Å². The first-order valence-corrected chi connectivity index (χ1v) is 25.6. The lowest BCUT2D eigenvalue weighted by Crippen LogP contribution is -2.43. The van der Waals surface area contributed by atoms with Crippen molar-refractivity contribution in [3.63, 3.8) is 0 Å². The van der Waals surface area contributed by atoms with Crippen LogP contribution in [0, 0.1) is 0 Å². The number of nitrogens with zero attached hydrogens (tertiary/aromatic N) is 3. The Morgan fingerprint density at radius 2 is 0.514 bits per heavy atom. The third kappa shape index (κ3) is 5.48. The van der Waals surface area contributed by atoms with Gasteiger partial charge in [-0.05, 0) is 122 Å². The van der Waals surface area contributed by atoms with Crippen LogP contribution in [0.5, 0.6) is 0 Å². The second kappa shape index (κ2) is 15.5. The van der Waals surface area contributed by atoms with Crippen molar-refractivity contribution >= 4 is 32.3 Å². The number of fused-ring (bicyclic) bond motifs is 22. The van der Waals surface area contributed by atoms with Gasteiger partial charge in [0.15, 0.2) is 17.5 Å². The van der Waals surface area contributed by atoms with Gasteiger partial charge in [-0.1, -0.05) is 249 Å². The fourth-order valence-corrected chi connectivity index (χ4v) is 13.6. The average Bonchev–Trinajstić information content (AvgIpc) is 3.96. The highest BCUT2D eigenvalue weighted by Crippen LogP contribution is 2.67. The highest BCUT2D eigenvalue weighted by Gasteiger charge is 2.59. The molecule has 0 amide bonds. The zero-order chi connectivity index (χ0) is 48.5. The molecule has 0 radical (unpaired) electrons. The summed E-state index contributed by atoms with van der Waals surface area (Å²) in [6.45, 7) is 0. The molecular formula is C71H43N3. The summed E-state index contributed by atoms with van der Waals surface area (Å²) in [7, 11) is 0. The van der Waals surface area contributed by atoms with Crippen LogP contribution in [0.1, 0.15) is 44.5 Å². The second-order valence-corrected chi connectivity index (χ2v) is 20.1. The number of benzene rings is 12. The molecule has 0 N–H and O–H groups in total. The van der Waals surface area contributed by atoms with Gasteiger partial charge >= 0.3 is 0 Å². The molecule has 16 rings (SSSR count). The topological polar surface area (TPSA) is 38.7 Å². The summed E-state index contributed by atoms with van der Waals surface area (Å²) in [5.74, 6) is 1.91. The second-order valence-electron chi connectivity index (χ2n) is 20.1. The van der Waals surface area contributed by atoms with Crippen LogP contribution in [0.25, 0.3) is 99.9 Å². The molecule has 0 saturated carbocycles. The Morgan fingerprint density at radius 1 is 0.189 bits per heavy atom. The van der Waals surface area contributed by atoms with E-state index in [-0.39, 0.29) is 0 Å². The van der Waals surface area contributed by atoms with Crippen molar-refractivity contribution < 1.29 is 0 Å². The van der Waals surface area contributed by atoms with Crippen molar-refractivity contribution in [2.24, 2.45) is 0 Å². The van der Waals surface area contributed by atoms with Crippen molar-refractivity contribution in [1.29, 1.82) is 0 Å². The molecule has 3 aliphatic carbocycles. The van der Waals surface area contributed by atoms with Crippen LogP contribution in [-0.4, -0.2) is 15.0 Å². The van der Waals surface area contributed by atoms with Gasteiger partial charge in [0.1, 0.15) is 0 Å². The summed E-state index contributed by atoms with van der Waals surface area (Å²) < 4.78 is 0. The Balaban J connectivity index is 0.887. The number of rotatable bonds is 4. The molecule has 2 spiro atoms. The van der Waals surface area contributed by atoms with Crippen molar-refractivity contribution in [2.75, 3.05) is 0 Å². The molecule has 0 atom stereocenters. The zero-order valence-corrected chi connectivity index (χ0v) is 40.2. The molecule has 12 aromatic carbocycles. The molecule has 342 valence electrons. The Labute approximate surface area is 428 Å². The minimum absolute atomic E-state index is 0.530. The number of hydrogen-bond donors (Lipinski definition) is 0. The molecule has 74 heavy (non-hydrogen) atoms. The van der Waals surface area contributed by atoms with E-state index in [0.717, 1.165) is 27.8 Å². The van der Waals surface area contributed by atoms with Gasteiger partial charge in [-0.2, -0.15) is 0 Å². The highest BCUT2D eigenvalue weighted by atomic mass is 15.0. The molecule has 1 aromatic heterocycles. The van der Waals surface area contributed by atoms with Crippen LogP contribution in [0.3, 0.4) is 0 Å². The molecule has 0 bridgehead atoms. The fraction of sp³-hybridized carbons (Fsp3) is 0.0282. The maximum atomic E-state index is 5.28. The highest BCUT2D eigenvalue weighted by molar-refractivity contribution is 6.25. The van der Waals surface area contributed by atoms with E-state index < -0.39 is 10.8 Å². The summed E-state index contributed by atoms with van der Waals surface area (Å²) in [6.07, 6.45) is 0. The molecule has 3 nitrogen and oxygen atoms in total. The maximum absolute atomic E-state index is 5.28. The molecule has 1 heterocycles. The van der Waals surface area contributed by atoms with Crippen LogP contribution in [0.4, 0.5) is 0 Å². The van der Waals surface area contributed by atoms with Crippen LogP contribution < -0.4 is 0 Å². The Bertz CT molecular complexity index is 4370. The van der Waals surface area contributed by atoms with Crippen molar-refractivity contribution in [2.45, 2.75) is 10.8 Å². The van der Waals surface area contributed by atoms with Gasteiger partial charge in [-0.25, -0.2) is 15.0 Å². The maximum Gasteiger partial charge on any atom is 0.164 e. The van der Waals surface area contributed by atoms with Gasteiger partial charge in [0.2, 0.25) is 0 Å². The van der Waals surface area contributed by atoms with E-state index in [0.29, 0.717) is 17.5 Å². The van der Waals surface area contributed by atoms with Crippen LogP contribution in [-0.2, 0) is 10.8 Å². The standard InChI is InChI=1S/C71H43N3/c1-2-18-45(19-3-1)67-72-68(74-69(73-67)48-38-40-53-51-22-5-4-20-49(51)50-21-6-7-23-52(50)58(53)42-48)46-36-34-44(35-37-46)47-39-41-65-66(43-47)71(61-30-14-10-26-56(61)57-27-11-15-31-62(57)71)64-33-17-16-32-63(64)70(65)59-28-12-8-24-54(59)55-25-9-13-29-60(55)70/h1-43H. The quantitative estimate of drug-likeness (QED) is 0.165. The molecule has 0 unspecified atom stereocenters. The molecule has 0 saturated heterocycles. The minimum Gasteiger partial charge on any atom is -0.208 e. The lowest BCUT2D eigenvalue weighted by atomic mass is 9.52. The van der Waals surface area contributed by atoms with E-state index in [4.69, 9.17) is 15.0 Å². The van der Waals surface area contributed by atoms with Crippen LogP contribution >= 0.6 is 0 Å². The van der Waals surface area contributed by atoms with Gasteiger partial charge in [0.05, 0.1) is 10.8 Å². The van der Waals surface area contributed by atoms with Gasteiger partial charge in [0.25, 0.3) is 0 Å². The van der Waals surface area contributed by atoms with Crippen LogP contribution in [0.15, 0.2) is 261 Å². The van der Waals surface area contributed by atoms with E-state index in [1.54, 1.807) is 0 Å². The van der Waals surface area contributed by atoms with Crippen LogP contribution in [0.2, 0.25) is 0 Å². The van der Waals surface area contributed by atoms with Crippen molar-refractivity contribution in [1.82, 2.24) is 15.0 Å². The van der Waals surface area contributed by atoms with E-state index in [1.165, 1.54) is 99.1 Å². The van der Waals surface area contributed by atoms with E-state index in [9.17, 15) is 0 Å². The first-order chi connectivity index (χ1) is 36.7. The first kappa shape index (κ1) is 41.1. The minimum atomic E-state index is -0.565. The summed E-state index contributed by atoms with van der Waals surface area (Å²) in [5, 5.41) is 7.32. The molecule has 0 aliphatic heterocycles. The normalized spacial score (nSPS) is 13.9. The fourth-order valence-electron chi connectivity index (χ4n) is 13.6. The lowest BCUT2D eigenvalue weighted by Gasteiger charge is -2.49. The third-order valence-corrected chi connectivity index (χ3v) is 16.6. The SMILES string of the molecule is c1ccc(-c2nc(-c3ccc(-c4ccc5c(c4)C4(c6ccccc6-c6ccccc64)c4ccccc4C54c5ccccc5-c5ccccc54)cc3)nc(-c3ccc4c5ccccc5c5ccccc5c4c3)n2)cc1. The largest absolute Gasteiger partial charge is 0.208 e. The molecule has 3 aliphatic rings. The summed E-state index contributed by atoms with van der Waals surface area (Å²) in [4.78, 5) is 15.6. The predicted octanol–water partition coefficient (Wildman–Crippen LogP) is 17.0. The van der Waals surface area contributed by atoms with Gasteiger partial charge < -0.3 is 0 Å². The van der Waals surface area contributed by atoms with Crippen molar-refractivity contribution in [3.05, 3.63) is 305 Å². The molecule has 0 fully saturated rings. The first-order valence-electron chi connectivity index (χ1n) is 25.6. The van der Waals surface area contributed by atoms with E-state index in [1.807, 2.05) is 18.2 Å². The van der Waals surface area contributed by atoms with Gasteiger partial charge in [-0.3, -0.25) is 0 Å². The van der Waals surface area contributed by atoms with Gasteiger partial charge in [-0.15, -0.1) is 0 Å². The lowest BCUT2D eigenvalue weighted by molar-refractivity contribution is 0.633. The molecule has 13 aromatic rings. The monoisotopic (exact) mass is 937 g/mol.